The second kappa shape index (κ2) is 4.73. The molecule has 3 rings (SSSR count). The number of halogens is 1. The first-order chi connectivity index (χ1) is 9.38. The zero-order valence-corrected chi connectivity index (χ0v) is 13.6. The average molecular weight is 359 g/mol. The van der Waals surface area contributed by atoms with Gasteiger partial charge in [-0.3, -0.25) is 5.10 Å². The molecule has 0 amide bonds. The number of aromatic nitrogens is 2. The van der Waals surface area contributed by atoms with E-state index in [1.807, 2.05) is 6.92 Å². The highest BCUT2D eigenvalue weighted by Gasteiger charge is 2.24. The highest BCUT2D eigenvalue weighted by molar-refractivity contribution is 9.10. The molecule has 1 aromatic heterocycles. The van der Waals surface area contributed by atoms with Crippen molar-refractivity contribution in [3.8, 4) is 5.75 Å². The fraction of sp³-hybridized carbons (Fsp3) is 0.462. The molecule has 0 atom stereocenters. The highest BCUT2D eigenvalue weighted by atomic mass is 79.9. The van der Waals surface area contributed by atoms with Crippen LogP contribution in [0.4, 0.5) is 0 Å². The lowest BCUT2D eigenvalue weighted by Gasteiger charge is -2.10. The number of sulfone groups is 1. The van der Waals surface area contributed by atoms with E-state index in [1.54, 1.807) is 6.07 Å². The lowest BCUT2D eigenvalue weighted by molar-refractivity contribution is 0.298. The van der Waals surface area contributed by atoms with Crippen LogP contribution in [0, 0.1) is 12.8 Å². The topological polar surface area (TPSA) is 72.0 Å². The summed E-state index contributed by atoms with van der Waals surface area (Å²) in [4.78, 5) is 0. The second-order valence-electron chi connectivity index (χ2n) is 5.29. The molecule has 5 nitrogen and oxygen atoms in total. The molecule has 1 N–H and O–H groups in total. The van der Waals surface area contributed by atoms with Gasteiger partial charge in [0.2, 0.25) is 0 Å². The van der Waals surface area contributed by atoms with Crippen LogP contribution >= 0.6 is 15.9 Å². The molecule has 0 aliphatic heterocycles. The zero-order valence-electron chi connectivity index (χ0n) is 11.2. The lowest BCUT2D eigenvalue weighted by Crippen LogP contribution is -2.01. The Bertz CT molecular complexity index is 779. The summed E-state index contributed by atoms with van der Waals surface area (Å²) in [5.74, 6) is 1.37. The molecule has 0 unspecified atom stereocenters. The molecular formula is C13H15BrN2O3S. The van der Waals surface area contributed by atoms with Crippen LogP contribution in [-0.4, -0.2) is 31.5 Å². The minimum absolute atomic E-state index is 0.152. The molecule has 0 bridgehead atoms. The number of nitrogens with one attached hydrogen (secondary N) is 1. The third kappa shape index (κ3) is 2.44. The number of nitrogens with zero attached hydrogens (tertiary/aromatic N) is 1. The molecule has 0 spiro atoms. The van der Waals surface area contributed by atoms with Crippen molar-refractivity contribution < 1.29 is 13.2 Å². The van der Waals surface area contributed by atoms with E-state index >= 15 is 0 Å². The summed E-state index contributed by atoms with van der Waals surface area (Å²) in [5.41, 5.74) is 1.43. The van der Waals surface area contributed by atoms with Crippen LogP contribution in [0.2, 0.25) is 0 Å². The fourth-order valence-corrected chi connectivity index (χ4v) is 3.42. The van der Waals surface area contributed by atoms with Gasteiger partial charge in [0.15, 0.2) is 14.9 Å². The van der Waals surface area contributed by atoms with E-state index in [1.165, 1.54) is 19.1 Å². The molecule has 1 aliphatic rings. The Morgan fingerprint density at radius 3 is 2.80 bits per heavy atom. The van der Waals surface area contributed by atoms with Gasteiger partial charge in [0.25, 0.3) is 0 Å². The molecule has 1 heterocycles. The summed E-state index contributed by atoms with van der Waals surface area (Å²) in [6.45, 7) is 2.56. The van der Waals surface area contributed by atoms with E-state index in [2.05, 4.69) is 26.1 Å². The minimum Gasteiger partial charge on any atom is -0.492 e. The third-order valence-electron chi connectivity index (χ3n) is 3.49. The van der Waals surface area contributed by atoms with E-state index in [4.69, 9.17) is 4.74 Å². The maximum Gasteiger partial charge on any atom is 0.192 e. The standard InChI is InChI=1S/C13H15BrN2O3S/c1-7-11-9(15-16-13(11)20(2,17)18)5-10(12(7)14)19-6-8-3-4-8/h5,8H,3-4,6H2,1-2H3,(H,15,16). The van der Waals surface area contributed by atoms with Crippen LogP contribution < -0.4 is 4.74 Å². The maximum atomic E-state index is 11.8. The molecular weight excluding hydrogens is 344 g/mol. The van der Waals surface area contributed by atoms with Crippen LogP contribution in [0.25, 0.3) is 10.9 Å². The summed E-state index contributed by atoms with van der Waals surface area (Å²) in [6, 6.07) is 1.78. The highest BCUT2D eigenvalue weighted by Crippen LogP contribution is 2.38. The number of aromatic amines is 1. The van der Waals surface area contributed by atoms with Crippen LogP contribution in [-0.2, 0) is 9.84 Å². The van der Waals surface area contributed by atoms with Gasteiger partial charge in [-0.05, 0) is 47.2 Å². The quantitative estimate of drug-likeness (QED) is 0.911. The van der Waals surface area contributed by atoms with Gasteiger partial charge in [-0.1, -0.05) is 0 Å². The summed E-state index contributed by atoms with van der Waals surface area (Å²) in [5, 5.41) is 7.47. The van der Waals surface area contributed by atoms with E-state index < -0.39 is 9.84 Å². The van der Waals surface area contributed by atoms with Crippen molar-refractivity contribution in [2.75, 3.05) is 12.9 Å². The van der Waals surface area contributed by atoms with Crippen LogP contribution in [0.3, 0.4) is 0 Å². The van der Waals surface area contributed by atoms with Crippen LogP contribution in [0.5, 0.6) is 5.75 Å². The first-order valence-electron chi connectivity index (χ1n) is 6.38. The van der Waals surface area contributed by atoms with Crippen molar-refractivity contribution in [1.82, 2.24) is 10.2 Å². The molecule has 1 saturated carbocycles. The van der Waals surface area contributed by atoms with E-state index in [-0.39, 0.29) is 5.03 Å². The number of benzene rings is 1. The van der Waals surface area contributed by atoms with Crippen molar-refractivity contribution in [2.45, 2.75) is 24.8 Å². The van der Waals surface area contributed by atoms with Crippen molar-refractivity contribution >= 4 is 36.7 Å². The Morgan fingerprint density at radius 2 is 2.20 bits per heavy atom. The summed E-state index contributed by atoms with van der Waals surface area (Å²) in [7, 11) is -3.33. The van der Waals surface area contributed by atoms with Gasteiger partial charge in [-0.25, -0.2) is 8.42 Å². The Morgan fingerprint density at radius 1 is 1.50 bits per heavy atom. The van der Waals surface area contributed by atoms with Gasteiger partial charge in [0.05, 0.1) is 16.6 Å². The van der Waals surface area contributed by atoms with Gasteiger partial charge in [-0.2, -0.15) is 5.10 Å². The molecule has 1 aromatic carbocycles. The minimum atomic E-state index is -3.33. The van der Waals surface area contributed by atoms with Gasteiger partial charge < -0.3 is 4.74 Å². The Labute approximate surface area is 125 Å². The molecule has 0 saturated heterocycles. The predicted octanol–water partition coefficient (Wildman–Crippen LogP) is 2.83. The van der Waals surface area contributed by atoms with Gasteiger partial charge >= 0.3 is 0 Å². The molecule has 108 valence electrons. The maximum absolute atomic E-state index is 11.8. The second-order valence-corrected chi connectivity index (χ2v) is 8.03. The van der Waals surface area contributed by atoms with Gasteiger partial charge in [0.1, 0.15) is 5.75 Å². The van der Waals surface area contributed by atoms with Crippen molar-refractivity contribution in [3.63, 3.8) is 0 Å². The number of aryl methyl sites for hydroxylation is 1. The molecule has 1 aliphatic carbocycles. The molecule has 2 aromatic rings. The molecule has 1 fully saturated rings. The van der Waals surface area contributed by atoms with Crippen LogP contribution in [0.15, 0.2) is 15.6 Å². The number of ether oxygens (including phenoxy) is 1. The third-order valence-corrected chi connectivity index (χ3v) is 5.51. The molecule has 0 radical (unpaired) electrons. The molecule has 7 heteroatoms. The largest absolute Gasteiger partial charge is 0.492 e. The van der Waals surface area contributed by atoms with Gasteiger partial charge in [0, 0.05) is 17.7 Å². The summed E-state index contributed by atoms with van der Waals surface area (Å²) >= 11 is 3.50. The van der Waals surface area contributed by atoms with Gasteiger partial charge in [-0.15, -0.1) is 0 Å². The van der Waals surface area contributed by atoms with Crippen LogP contribution in [0.1, 0.15) is 18.4 Å². The number of hydrogen-bond acceptors (Lipinski definition) is 4. The average Bonchev–Trinajstić information content (AvgIpc) is 3.08. The number of hydrogen-bond donors (Lipinski definition) is 1. The SMILES string of the molecule is Cc1c(Br)c(OCC2CC2)cc2n[nH]c(S(C)(=O)=O)c12. The first-order valence-corrected chi connectivity index (χ1v) is 9.06. The normalized spacial score (nSPS) is 15.8. The fourth-order valence-electron chi connectivity index (χ4n) is 2.15. The number of rotatable bonds is 4. The van der Waals surface area contributed by atoms with E-state index in [0.717, 1.165) is 10.0 Å². The monoisotopic (exact) mass is 358 g/mol. The first kappa shape index (κ1) is 13.9. The van der Waals surface area contributed by atoms with Crippen molar-refractivity contribution in [3.05, 3.63) is 16.1 Å². The van der Waals surface area contributed by atoms with E-state index in [0.29, 0.717) is 29.2 Å². The number of fused-ring (bicyclic) bond motifs is 1. The zero-order chi connectivity index (χ0) is 14.5. The predicted molar refractivity (Wildman–Crippen MR) is 79.9 cm³/mol. The summed E-state index contributed by atoms with van der Waals surface area (Å²) in [6.07, 6.45) is 3.61. The Kier molecular flexibility index (Phi) is 3.29. The van der Waals surface area contributed by atoms with E-state index in [9.17, 15) is 8.42 Å². The summed E-state index contributed by atoms with van der Waals surface area (Å²) < 4.78 is 30.1. The number of H-pyrrole nitrogens is 1. The Balaban J connectivity index is 2.10. The lowest BCUT2D eigenvalue weighted by atomic mass is 10.1. The van der Waals surface area contributed by atoms with Crippen molar-refractivity contribution in [2.24, 2.45) is 5.92 Å². The van der Waals surface area contributed by atoms with Crippen molar-refractivity contribution in [1.29, 1.82) is 0 Å². The molecule has 20 heavy (non-hydrogen) atoms. The Hall–Kier alpha value is -1.08. The smallest absolute Gasteiger partial charge is 0.192 e.